The topological polar surface area (TPSA) is 30.5 Å². The van der Waals surface area contributed by atoms with Crippen molar-refractivity contribution in [2.75, 3.05) is 19.8 Å². The second kappa shape index (κ2) is 5.24. The van der Waals surface area contributed by atoms with E-state index in [-0.39, 0.29) is 0 Å². The molecule has 0 saturated carbocycles. The third-order valence-electron chi connectivity index (χ3n) is 2.21. The molecule has 84 valence electrons. The molecule has 0 fully saturated rings. The molecule has 1 aromatic rings. The number of benzene rings is 1. The summed E-state index contributed by atoms with van der Waals surface area (Å²) < 4.78 is 12.0. The van der Waals surface area contributed by atoms with E-state index in [1.807, 2.05) is 12.1 Å². The lowest BCUT2D eigenvalue weighted by Gasteiger charge is -2.20. The molecule has 1 aliphatic heterocycles. The lowest BCUT2D eigenvalue weighted by atomic mass is 10.2. The number of halogens is 1. The van der Waals surface area contributed by atoms with Gasteiger partial charge in [-0.3, -0.25) is 0 Å². The van der Waals surface area contributed by atoms with E-state index < -0.39 is 0 Å². The van der Waals surface area contributed by atoms with Crippen LogP contribution in [0.4, 0.5) is 0 Å². The number of nitrogens with one attached hydrogen (secondary N) is 1. The molecule has 0 aromatic heterocycles. The van der Waals surface area contributed by atoms with Gasteiger partial charge in [0.1, 0.15) is 13.2 Å². The molecule has 0 saturated heterocycles. The summed E-state index contributed by atoms with van der Waals surface area (Å²) in [5.74, 6) is 4.11. The first-order valence-corrected chi connectivity index (χ1v) is 5.83. The molecule has 16 heavy (non-hydrogen) atoms. The third-order valence-corrected chi connectivity index (χ3v) is 2.80. The Balaban J connectivity index is 2.16. The van der Waals surface area contributed by atoms with Gasteiger partial charge in [-0.15, -0.1) is 6.42 Å². The Morgan fingerprint density at radius 1 is 1.38 bits per heavy atom. The van der Waals surface area contributed by atoms with Gasteiger partial charge in [0.2, 0.25) is 0 Å². The number of fused-ring (bicyclic) bond motifs is 1. The van der Waals surface area contributed by atoms with E-state index in [0.717, 1.165) is 28.1 Å². The molecular formula is C12H12BrNO2. The lowest BCUT2D eigenvalue weighted by Crippen LogP contribution is -2.17. The van der Waals surface area contributed by atoms with Crippen molar-refractivity contribution in [3.05, 3.63) is 22.2 Å². The molecule has 1 aliphatic rings. The minimum atomic E-state index is 0.562. The van der Waals surface area contributed by atoms with Crippen molar-refractivity contribution in [3.8, 4) is 23.8 Å². The van der Waals surface area contributed by atoms with Crippen LogP contribution in [0.3, 0.4) is 0 Å². The molecule has 0 spiro atoms. The lowest BCUT2D eigenvalue weighted by molar-refractivity contribution is 0.170. The summed E-state index contributed by atoms with van der Waals surface area (Å²) in [5, 5.41) is 3.13. The first-order chi connectivity index (χ1) is 7.81. The number of hydrogen-bond donors (Lipinski definition) is 1. The monoisotopic (exact) mass is 281 g/mol. The van der Waals surface area contributed by atoms with Crippen LogP contribution in [-0.4, -0.2) is 19.8 Å². The van der Waals surface area contributed by atoms with Crippen LogP contribution >= 0.6 is 15.9 Å². The number of rotatable bonds is 3. The predicted molar refractivity (Wildman–Crippen MR) is 65.7 cm³/mol. The molecule has 0 unspecified atom stereocenters. The van der Waals surface area contributed by atoms with E-state index in [9.17, 15) is 0 Å². The Kier molecular flexibility index (Phi) is 3.70. The molecule has 3 nitrogen and oxygen atoms in total. The van der Waals surface area contributed by atoms with Gasteiger partial charge in [0.05, 0.1) is 11.0 Å². The van der Waals surface area contributed by atoms with Crippen molar-refractivity contribution in [3.63, 3.8) is 0 Å². The maximum Gasteiger partial charge on any atom is 0.175 e. The fourth-order valence-corrected chi connectivity index (χ4v) is 2.15. The molecule has 1 N–H and O–H groups in total. The summed E-state index contributed by atoms with van der Waals surface area (Å²) >= 11 is 3.47. The van der Waals surface area contributed by atoms with Crippen LogP contribution in [0, 0.1) is 12.3 Å². The second-order valence-electron chi connectivity index (χ2n) is 3.41. The highest BCUT2D eigenvalue weighted by atomic mass is 79.9. The largest absolute Gasteiger partial charge is 0.486 e. The quantitative estimate of drug-likeness (QED) is 0.679. The Morgan fingerprint density at radius 2 is 2.19 bits per heavy atom. The maximum atomic E-state index is 5.53. The van der Waals surface area contributed by atoms with E-state index in [2.05, 4.69) is 27.2 Å². The summed E-state index contributed by atoms with van der Waals surface area (Å²) in [4.78, 5) is 0. The van der Waals surface area contributed by atoms with Crippen molar-refractivity contribution < 1.29 is 9.47 Å². The highest BCUT2D eigenvalue weighted by Gasteiger charge is 2.15. The van der Waals surface area contributed by atoms with E-state index in [4.69, 9.17) is 15.9 Å². The van der Waals surface area contributed by atoms with Crippen LogP contribution in [0.2, 0.25) is 0 Å². The molecule has 0 atom stereocenters. The molecule has 0 bridgehead atoms. The highest BCUT2D eigenvalue weighted by molar-refractivity contribution is 9.10. The first kappa shape index (κ1) is 11.3. The predicted octanol–water partition coefficient (Wildman–Crippen LogP) is 1.94. The first-order valence-electron chi connectivity index (χ1n) is 5.03. The minimum absolute atomic E-state index is 0.562. The standard InChI is InChI=1S/C12H12BrNO2/c1-2-3-14-8-9-6-10(13)12-11(7-9)15-4-5-16-12/h1,6-7,14H,3-5,8H2. The number of ether oxygens (including phenoxy) is 2. The van der Waals surface area contributed by atoms with Gasteiger partial charge in [0.15, 0.2) is 11.5 Å². The molecule has 0 amide bonds. The Hall–Kier alpha value is -1.18. The van der Waals surface area contributed by atoms with Gasteiger partial charge in [-0.25, -0.2) is 0 Å². The average Bonchev–Trinajstić information content (AvgIpc) is 2.30. The zero-order valence-electron chi connectivity index (χ0n) is 8.75. The number of hydrogen-bond acceptors (Lipinski definition) is 3. The van der Waals surface area contributed by atoms with E-state index in [1.165, 1.54) is 0 Å². The fraction of sp³-hybridized carbons (Fsp3) is 0.333. The smallest absolute Gasteiger partial charge is 0.175 e. The summed E-state index contributed by atoms with van der Waals surface area (Å²) in [7, 11) is 0. The van der Waals surface area contributed by atoms with Gasteiger partial charge >= 0.3 is 0 Å². The summed E-state index contributed by atoms with van der Waals surface area (Å²) in [6.07, 6.45) is 5.17. The highest BCUT2D eigenvalue weighted by Crippen LogP contribution is 2.38. The average molecular weight is 282 g/mol. The van der Waals surface area contributed by atoms with E-state index in [0.29, 0.717) is 19.8 Å². The fourth-order valence-electron chi connectivity index (χ4n) is 1.55. The third kappa shape index (κ3) is 2.49. The van der Waals surface area contributed by atoms with Crippen LogP contribution in [-0.2, 0) is 6.54 Å². The van der Waals surface area contributed by atoms with Gasteiger partial charge in [-0.1, -0.05) is 5.92 Å². The molecular weight excluding hydrogens is 270 g/mol. The van der Waals surface area contributed by atoms with Gasteiger partial charge in [-0.05, 0) is 33.6 Å². The van der Waals surface area contributed by atoms with Crippen molar-refractivity contribution in [1.82, 2.24) is 5.32 Å². The normalized spacial score (nSPS) is 13.2. The van der Waals surface area contributed by atoms with Crippen LogP contribution < -0.4 is 14.8 Å². The Bertz CT molecular complexity index is 426. The maximum absolute atomic E-state index is 5.53. The summed E-state index contributed by atoms with van der Waals surface area (Å²) in [5.41, 5.74) is 1.12. The zero-order chi connectivity index (χ0) is 11.4. The number of terminal acetylenes is 1. The van der Waals surface area contributed by atoms with Gasteiger partial charge in [-0.2, -0.15) is 0 Å². The van der Waals surface area contributed by atoms with E-state index >= 15 is 0 Å². The van der Waals surface area contributed by atoms with Gasteiger partial charge < -0.3 is 14.8 Å². The van der Waals surface area contributed by atoms with Gasteiger partial charge in [0.25, 0.3) is 0 Å². The molecule has 0 radical (unpaired) electrons. The Morgan fingerprint density at radius 3 is 3.00 bits per heavy atom. The molecule has 1 heterocycles. The van der Waals surface area contributed by atoms with Crippen LogP contribution in [0.25, 0.3) is 0 Å². The minimum Gasteiger partial charge on any atom is -0.486 e. The molecule has 0 aliphatic carbocycles. The molecule has 2 rings (SSSR count). The van der Waals surface area contributed by atoms with Crippen molar-refractivity contribution >= 4 is 15.9 Å². The SMILES string of the molecule is C#CCNCc1cc(Br)c2c(c1)OCCO2. The van der Waals surface area contributed by atoms with Gasteiger partial charge in [0, 0.05) is 6.54 Å². The van der Waals surface area contributed by atoms with Crippen LogP contribution in [0.1, 0.15) is 5.56 Å². The second-order valence-corrected chi connectivity index (χ2v) is 4.26. The summed E-state index contributed by atoms with van der Waals surface area (Å²) in [6, 6.07) is 3.99. The van der Waals surface area contributed by atoms with Crippen molar-refractivity contribution in [2.45, 2.75) is 6.54 Å². The Labute approximate surface area is 103 Å². The molecule has 4 heteroatoms. The van der Waals surface area contributed by atoms with Crippen molar-refractivity contribution in [2.24, 2.45) is 0 Å². The zero-order valence-corrected chi connectivity index (χ0v) is 10.3. The molecule has 1 aromatic carbocycles. The van der Waals surface area contributed by atoms with E-state index in [1.54, 1.807) is 0 Å². The van der Waals surface area contributed by atoms with Crippen molar-refractivity contribution in [1.29, 1.82) is 0 Å². The summed E-state index contributed by atoms with van der Waals surface area (Å²) in [6.45, 7) is 2.48. The van der Waals surface area contributed by atoms with Crippen LogP contribution in [0.15, 0.2) is 16.6 Å². The van der Waals surface area contributed by atoms with Crippen LogP contribution in [0.5, 0.6) is 11.5 Å².